The zero-order valence-electron chi connectivity index (χ0n) is 20.8. The molecule has 1 aliphatic heterocycles. The Labute approximate surface area is 204 Å². The van der Waals surface area contributed by atoms with Crippen LogP contribution in [0.4, 0.5) is 11.4 Å². The molecule has 0 saturated carbocycles. The van der Waals surface area contributed by atoms with Crippen LogP contribution in [0.2, 0.25) is 0 Å². The molecule has 0 radical (unpaired) electrons. The molecular weight excluding hydrogens is 450 g/mol. The van der Waals surface area contributed by atoms with E-state index in [9.17, 15) is 13.2 Å². The first-order chi connectivity index (χ1) is 16.0. The molecule has 0 bridgehead atoms. The molecule has 2 aromatic rings. The van der Waals surface area contributed by atoms with Crippen molar-refractivity contribution in [3.8, 4) is 5.75 Å². The number of hydrogen-bond acceptors (Lipinski definition) is 5. The van der Waals surface area contributed by atoms with E-state index in [1.165, 1.54) is 18.5 Å². The number of ether oxygens (including phenoxy) is 1. The predicted octanol–water partition coefficient (Wildman–Crippen LogP) is 4.35. The maximum absolute atomic E-state index is 12.8. The largest absolute Gasteiger partial charge is 0.491 e. The Hall–Kier alpha value is -2.74. The minimum absolute atomic E-state index is 0.0155. The van der Waals surface area contributed by atoms with Gasteiger partial charge in [0.2, 0.25) is 15.9 Å². The summed E-state index contributed by atoms with van der Waals surface area (Å²) >= 11 is 0. The van der Waals surface area contributed by atoms with Gasteiger partial charge in [-0.2, -0.15) is 0 Å². The Morgan fingerprint density at radius 1 is 1.06 bits per heavy atom. The average Bonchev–Trinajstić information content (AvgIpc) is 2.78. The molecule has 2 aromatic carbocycles. The minimum atomic E-state index is -3.65. The summed E-state index contributed by atoms with van der Waals surface area (Å²) in [6.45, 7) is 9.88. The van der Waals surface area contributed by atoms with Crippen LogP contribution in [0.5, 0.6) is 5.75 Å². The molecule has 7 nitrogen and oxygen atoms in total. The molecule has 3 rings (SSSR count). The summed E-state index contributed by atoms with van der Waals surface area (Å²) in [7, 11) is -3.65. The monoisotopic (exact) mass is 487 g/mol. The average molecular weight is 488 g/mol. The van der Waals surface area contributed by atoms with E-state index in [-0.39, 0.29) is 24.6 Å². The summed E-state index contributed by atoms with van der Waals surface area (Å²) in [4.78, 5) is 15.2. The molecule has 1 fully saturated rings. The van der Waals surface area contributed by atoms with E-state index in [1.54, 1.807) is 24.3 Å². The highest BCUT2D eigenvalue weighted by Gasteiger charge is 2.22. The van der Waals surface area contributed by atoms with Crippen molar-refractivity contribution < 1.29 is 17.9 Å². The van der Waals surface area contributed by atoms with Crippen molar-refractivity contribution in [1.29, 1.82) is 0 Å². The number of nitrogens with one attached hydrogen (secondary N) is 1. The van der Waals surface area contributed by atoms with Crippen LogP contribution in [0.15, 0.2) is 48.5 Å². The molecule has 34 heavy (non-hydrogen) atoms. The Morgan fingerprint density at radius 3 is 2.18 bits per heavy atom. The third-order valence-electron chi connectivity index (χ3n) is 6.10. The summed E-state index contributed by atoms with van der Waals surface area (Å²) in [6, 6.07) is 14.7. The second kappa shape index (κ2) is 11.1. The first-order valence-corrected chi connectivity index (χ1v) is 13.8. The molecule has 0 spiro atoms. The number of carbonyl (C=O) groups is 1. The molecule has 1 N–H and O–H groups in total. The minimum Gasteiger partial charge on any atom is -0.491 e. The number of piperidine rings is 1. The lowest BCUT2D eigenvalue weighted by Gasteiger charge is -2.32. The molecule has 0 aromatic heterocycles. The number of hydrogen-bond donors (Lipinski definition) is 1. The molecule has 1 unspecified atom stereocenters. The second-order valence-electron chi connectivity index (χ2n) is 9.48. The third kappa shape index (κ3) is 7.13. The van der Waals surface area contributed by atoms with Crippen LogP contribution in [0.25, 0.3) is 0 Å². The van der Waals surface area contributed by atoms with Crippen LogP contribution in [0, 0.1) is 5.92 Å². The summed E-state index contributed by atoms with van der Waals surface area (Å²) < 4.78 is 31.5. The van der Waals surface area contributed by atoms with Gasteiger partial charge in [-0.25, -0.2) is 8.42 Å². The van der Waals surface area contributed by atoms with Crippen molar-refractivity contribution in [2.45, 2.75) is 52.7 Å². The van der Waals surface area contributed by atoms with Gasteiger partial charge >= 0.3 is 0 Å². The van der Waals surface area contributed by atoms with Crippen LogP contribution < -0.4 is 19.3 Å². The van der Waals surface area contributed by atoms with Crippen molar-refractivity contribution in [2.24, 2.45) is 5.92 Å². The number of benzene rings is 2. The highest BCUT2D eigenvalue weighted by molar-refractivity contribution is 7.92. The van der Waals surface area contributed by atoms with Gasteiger partial charge in [-0.15, -0.1) is 0 Å². The van der Waals surface area contributed by atoms with Gasteiger partial charge in [-0.3, -0.25) is 9.10 Å². The van der Waals surface area contributed by atoms with Crippen LogP contribution in [0.1, 0.15) is 52.1 Å². The third-order valence-corrected chi connectivity index (χ3v) is 7.24. The van der Waals surface area contributed by atoms with Gasteiger partial charge in [0.1, 0.15) is 12.3 Å². The molecule has 8 heteroatoms. The van der Waals surface area contributed by atoms with E-state index in [1.807, 2.05) is 32.9 Å². The van der Waals surface area contributed by atoms with Crippen LogP contribution in [-0.4, -0.2) is 46.3 Å². The lowest BCUT2D eigenvalue weighted by molar-refractivity contribution is -0.120. The van der Waals surface area contributed by atoms with Gasteiger partial charge in [0.25, 0.3) is 0 Å². The van der Waals surface area contributed by atoms with Crippen molar-refractivity contribution >= 4 is 27.3 Å². The smallest absolute Gasteiger partial charge is 0.241 e. The Kier molecular flexibility index (Phi) is 8.47. The number of rotatable bonds is 9. The zero-order chi connectivity index (χ0) is 24.9. The predicted molar refractivity (Wildman–Crippen MR) is 138 cm³/mol. The lowest BCUT2D eigenvalue weighted by atomic mass is 9.98. The molecule has 1 aliphatic rings. The number of sulfonamides is 1. The van der Waals surface area contributed by atoms with Gasteiger partial charge in [0.15, 0.2) is 0 Å². The van der Waals surface area contributed by atoms with E-state index >= 15 is 0 Å². The molecule has 186 valence electrons. The van der Waals surface area contributed by atoms with Gasteiger partial charge in [-0.05, 0) is 81.5 Å². The number of nitrogens with zero attached hydrogens (tertiary/aromatic N) is 2. The molecule has 1 saturated heterocycles. The summed E-state index contributed by atoms with van der Waals surface area (Å²) in [5, 5.41) is 2.93. The Morgan fingerprint density at radius 2 is 1.65 bits per heavy atom. The van der Waals surface area contributed by atoms with Crippen LogP contribution in [-0.2, 0) is 14.8 Å². The maximum Gasteiger partial charge on any atom is 0.241 e. The van der Waals surface area contributed by atoms with Crippen LogP contribution in [0.3, 0.4) is 0 Å². The van der Waals surface area contributed by atoms with E-state index in [0.29, 0.717) is 11.4 Å². The van der Waals surface area contributed by atoms with Gasteiger partial charge in [-0.1, -0.05) is 19.1 Å². The highest BCUT2D eigenvalue weighted by Crippen LogP contribution is 2.25. The molecule has 1 heterocycles. The van der Waals surface area contributed by atoms with Crippen LogP contribution >= 0.6 is 0 Å². The second-order valence-corrected chi connectivity index (χ2v) is 11.4. The fourth-order valence-corrected chi connectivity index (χ4v) is 4.96. The molecule has 1 atom stereocenters. The van der Waals surface area contributed by atoms with Crippen molar-refractivity contribution in [3.63, 3.8) is 0 Å². The van der Waals surface area contributed by atoms with Crippen molar-refractivity contribution in [1.82, 2.24) is 5.32 Å². The van der Waals surface area contributed by atoms with E-state index in [4.69, 9.17) is 4.74 Å². The summed E-state index contributed by atoms with van der Waals surface area (Å²) in [5.41, 5.74) is 2.59. The number of carbonyl (C=O) groups excluding carboxylic acids is 1. The SMILES string of the molecule is CC1CCN(c2ccc(C(C)NC(=O)CN(c3ccc(OC(C)C)cc3)S(C)(=O)=O)cc2)CC1. The maximum atomic E-state index is 12.8. The lowest BCUT2D eigenvalue weighted by Crippen LogP contribution is -2.41. The molecular formula is C26H37N3O4S. The summed E-state index contributed by atoms with van der Waals surface area (Å²) in [5.74, 6) is 1.06. The van der Waals surface area contributed by atoms with E-state index < -0.39 is 10.0 Å². The van der Waals surface area contributed by atoms with Gasteiger partial charge < -0.3 is 15.0 Å². The zero-order valence-corrected chi connectivity index (χ0v) is 21.6. The van der Waals surface area contributed by atoms with Gasteiger partial charge in [0, 0.05) is 18.8 Å². The van der Waals surface area contributed by atoms with Crippen molar-refractivity contribution in [2.75, 3.05) is 35.1 Å². The first-order valence-electron chi connectivity index (χ1n) is 11.9. The fraction of sp³-hybridized carbons (Fsp3) is 0.500. The Bertz CT molecular complexity index is 1040. The summed E-state index contributed by atoms with van der Waals surface area (Å²) in [6.07, 6.45) is 3.53. The standard InChI is InChI=1S/C26H37N3O4S/c1-19(2)33-25-12-10-24(11-13-25)29(34(5,31)32)18-26(30)27-21(4)22-6-8-23(9-7-22)28-16-14-20(3)15-17-28/h6-13,19-21H,14-18H2,1-5H3,(H,27,30). The first kappa shape index (κ1) is 25.9. The van der Waals surface area contributed by atoms with Crippen molar-refractivity contribution in [3.05, 3.63) is 54.1 Å². The normalized spacial score (nSPS) is 15.8. The van der Waals surface area contributed by atoms with E-state index in [2.05, 4.69) is 29.3 Å². The fourth-order valence-electron chi connectivity index (χ4n) is 4.10. The number of anilines is 2. The number of amides is 1. The van der Waals surface area contributed by atoms with E-state index in [0.717, 1.165) is 35.1 Å². The molecule has 1 amide bonds. The topological polar surface area (TPSA) is 79.0 Å². The van der Waals surface area contributed by atoms with Gasteiger partial charge in [0.05, 0.1) is 24.1 Å². The highest BCUT2D eigenvalue weighted by atomic mass is 32.2. The quantitative estimate of drug-likeness (QED) is 0.569. The Balaban J connectivity index is 1.62. The molecule has 0 aliphatic carbocycles.